The van der Waals surface area contributed by atoms with E-state index < -0.39 is 14.8 Å². The summed E-state index contributed by atoms with van der Waals surface area (Å²) in [5.41, 5.74) is -0.102. The SMILES string of the molecule is CNC(CS(=O)(=O)c1ccc([N+](=O)[O-])cc1)C1CCCC1. The second-order valence-electron chi connectivity index (χ2n) is 5.47. The quantitative estimate of drug-likeness (QED) is 0.642. The highest BCUT2D eigenvalue weighted by Gasteiger charge is 2.29. The van der Waals surface area contributed by atoms with Gasteiger partial charge in [0.2, 0.25) is 0 Å². The molecule has 0 bridgehead atoms. The molecule has 1 unspecified atom stereocenters. The maximum Gasteiger partial charge on any atom is 0.269 e. The standard InChI is InChI=1S/C14H20N2O4S/c1-15-14(11-4-2-3-5-11)10-21(19,20)13-8-6-12(7-9-13)16(17)18/h6-9,11,14-15H,2-5,10H2,1H3. The van der Waals surface area contributed by atoms with E-state index in [0.29, 0.717) is 5.92 Å². The molecule has 1 aliphatic carbocycles. The molecular formula is C14H20N2O4S. The zero-order valence-corrected chi connectivity index (χ0v) is 12.8. The minimum absolute atomic E-state index is 0.0337. The maximum atomic E-state index is 12.4. The molecule has 0 aromatic heterocycles. The molecule has 0 spiro atoms. The highest BCUT2D eigenvalue weighted by molar-refractivity contribution is 7.91. The summed E-state index contributed by atoms with van der Waals surface area (Å²) in [6, 6.07) is 5.03. The smallest absolute Gasteiger partial charge is 0.269 e. The lowest BCUT2D eigenvalue weighted by atomic mass is 10.0. The lowest BCUT2D eigenvalue weighted by molar-refractivity contribution is -0.384. The van der Waals surface area contributed by atoms with Crippen molar-refractivity contribution in [1.29, 1.82) is 0 Å². The number of rotatable bonds is 6. The first-order valence-corrected chi connectivity index (χ1v) is 8.74. The number of nitrogens with one attached hydrogen (secondary N) is 1. The van der Waals surface area contributed by atoms with Crippen molar-refractivity contribution in [2.24, 2.45) is 5.92 Å². The number of non-ortho nitro benzene ring substituents is 1. The van der Waals surface area contributed by atoms with Crippen molar-refractivity contribution in [1.82, 2.24) is 5.32 Å². The Balaban J connectivity index is 2.14. The van der Waals surface area contributed by atoms with Crippen LogP contribution in [0.1, 0.15) is 25.7 Å². The number of benzene rings is 1. The van der Waals surface area contributed by atoms with Crippen molar-refractivity contribution in [2.45, 2.75) is 36.6 Å². The van der Waals surface area contributed by atoms with E-state index in [1.807, 2.05) is 0 Å². The lowest BCUT2D eigenvalue weighted by Crippen LogP contribution is -2.38. The second kappa shape index (κ2) is 6.53. The topological polar surface area (TPSA) is 89.3 Å². The molecule has 6 nitrogen and oxygen atoms in total. The lowest BCUT2D eigenvalue weighted by Gasteiger charge is -2.22. The van der Waals surface area contributed by atoms with Gasteiger partial charge in [-0.25, -0.2) is 8.42 Å². The Kier molecular flexibility index (Phi) is 4.95. The van der Waals surface area contributed by atoms with Gasteiger partial charge in [-0.05, 0) is 37.9 Å². The van der Waals surface area contributed by atoms with Gasteiger partial charge in [0.1, 0.15) is 0 Å². The van der Waals surface area contributed by atoms with Gasteiger partial charge in [-0.1, -0.05) is 12.8 Å². The fraction of sp³-hybridized carbons (Fsp3) is 0.571. The Labute approximate surface area is 124 Å². The number of nitro groups is 1. The molecule has 1 aromatic carbocycles. The second-order valence-corrected chi connectivity index (χ2v) is 7.51. The fourth-order valence-electron chi connectivity index (χ4n) is 2.92. The first-order chi connectivity index (χ1) is 9.94. The fourth-order valence-corrected chi connectivity index (χ4v) is 4.58. The molecule has 1 fully saturated rings. The first kappa shape index (κ1) is 15.9. The van der Waals surface area contributed by atoms with Gasteiger partial charge < -0.3 is 5.32 Å². The van der Waals surface area contributed by atoms with E-state index in [9.17, 15) is 18.5 Å². The molecule has 1 N–H and O–H groups in total. The van der Waals surface area contributed by atoms with Gasteiger partial charge in [0.15, 0.2) is 9.84 Å². The van der Waals surface area contributed by atoms with Gasteiger partial charge in [0.05, 0.1) is 15.6 Å². The van der Waals surface area contributed by atoms with Crippen LogP contribution < -0.4 is 5.32 Å². The minimum atomic E-state index is -3.44. The van der Waals surface area contributed by atoms with Crippen LogP contribution in [0, 0.1) is 16.0 Å². The number of hydrogen-bond acceptors (Lipinski definition) is 5. The average Bonchev–Trinajstić information content (AvgIpc) is 2.99. The van der Waals surface area contributed by atoms with E-state index in [0.717, 1.165) is 25.7 Å². The Morgan fingerprint density at radius 2 is 1.86 bits per heavy atom. The Bertz CT molecular complexity index is 592. The highest BCUT2D eigenvalue weighted by atomic mass is 32.2. The van der Waals surface area contributed by atoms with Crippen LogP contribution in [0.4, 0.5) is 5.69 Å². The largest absolute Gasteiger partial charge is 0.316 e. The van der Waals surface area contributed by atoms with Crippen LogP contribution in [0.15, 0.2) is 29.2 Å². The number of sulfone groups is 1. The van der Waals surface area contributed by atoms with E-state index in [1.165, 1.54) is 24.3 Å². The predicted molar refractivity (Wildman–Crippen MR) is 80.0 cm³/mol. The number of nitrogens with zero attached hydrogens (tertiary/aromatic N) is 1. The molecule has 21 heavy (non-hydrogen) atoms. The van der Waals surface area contributed by atoms with Gasteiger partial charge in [-0.15, -0.1) is 0 Å². The summed E-state index contributed by atoms with van der Waals surface area (Å²) in [6.07, 6.45) is 4.42. The van der Waals surface area contributed by atoms with Crippen molar-refractivity contribution in [3.63, 3.8) is 0 Å². The van der Waals surface area contributed by atoms with Gasteiger partial charge in [-0.3, -0.25) is 10.1 Å². The Morgan fingerprint density at radius 3 is 2.33 bits per heavy atom. The number of nitro benzene ring substituents is 1. The van der Waals surface area contributed by atoms with Crippen LogP contribution in [-0.4, -0.2) is 32.2 Å². The van der Waals surface area contributed by atoms with E-state index in [1.54, 1.807) is 7.05 Å². The zero-order chi connectivity index (χ0) is 15.5. The molecule has 1 saturated carbocycles. The molecule has 7 heteroatoms. The molecule has 1 atom stereocenters. The summed E-state index contributed by atoms with van der Waals surface area (Å²) in [4.78, 5) is 10.2. The molecule has 2 rings (SSSR count). The first-order valence-electron chi connectivity index (χ1n) is 7.08. The predicted octanol–water partition coefficient (Wildman–Crippen LogP) is 2.15. The molecule has 0 heterocycles. The van der Waals surface area contributed by atoms with Crippen LogP contribution >= 0.6 is 0 Å². The summed E-state index contributed by atoms with van der Waals surface area (Å²) >= 11 is 0. The van der Waals surface area contributed by atoms with Gasteiger partial charge in [0.25, 0.3) is 5.69 Å². The van der Waals surface area contributed by atoms with Crippen LogP contribution in [0.2, 0.25) is 0 Å². The van der Waals surface area contributed by atoms with Crippen molar-refractivity contribution >= 4 is 15.5 Å². The van der Waals surface area contributed by atoms with Crippen LogP contribution in [0.3, 0.4) is 0 Å². The highest BCUT2D eigenvalue weighted by Crippen LogP contribution is 2.29. The third kappa shape index (κ3) is 3.79. The van der Waals surface area contributed by atoms with Crippen molar-refractivity contribution in [3.05, 3.63) is 34.4 Å². The van der Waals surface area contributed by atoms with Gasteiger partial charge in [0, 0.05) is 18.2 Å². The molecule has 0 radical (unpaired) electrons. The zero-order valence-electron chi connectivity index (χ0n) is 12.0. The molecule has 116 valence electrons. The summed E-state index contributed by atoms with van der Waals surface area (Å²) in [5, 5.41) is 13.7. The van der Waals surface area contributed by atoms with Gasteiger partial charge in [-0.2, -0.15) is 0 Å². The third-order valence-electron chi connectivity index (χ3n) is 4.15. The Hall–Kier alpha value is -1.47. The average molecular weight is 312 g/mol. The van der Waals surface area contributed by atoms with Gasteiger partial charge >= 0.3 is 0 Å². The van der Waals surface area contributed by atoms with Crippen LogP contribution in [-0.2, 0) is 9.84 Å². The van der Waals surface area contributed by atoms with E-state index in [2.05, 4.69) is 5.32 Å². The van der Waals surface area contributed by atoms with Crippen molar-refractivity contribution < 1.29 is 13.3 Å². The van der Waals surface area contributed by atoms with E-state index in [-0.39, 0.29) is 22.4 Å². The molecule has 1 aromatic rings. The molecule has 1 aliphatic rings. The number of hydrogen-bond donors (Lipinski definition) is 1. The molecule has 0 amide bonds. The van der Waals surface area contributed by atoms with Crippen LogP contribution in [0.25, 0.3) is 0 Å². The normalized spacial score (nSPS) is 17.8. The Morgan fingerprint density at radius 1 is 1.29 bits per heavy atom. The summed E-state index contributed by atoms with van der Waals surface area (Å²) in [7, 11) is -1.65. The summed E-state index contributed by atoms with van der Waals surface area (Å²) in [5.74, 6) is 0.425. The van der Waals surface area contributed by atoms with Crippen LogP contribution in [0.5, 0.6) is 0 Å². The maximum absolute atomic E-state index is 12.4. The molecular weight excluding hydrogens is 292 g/mol. The van der Waals surface area contributed by atoms with E-state index >= 15 is 0 Å². The minimum Gasteiger partial charge on any atom is -0.316 e. The molecule has 0 aliphatic heterocycles. The summed E-state index contributed by atoms with van der Waals surface area (Å²) < 4.78 is 24.9. The molecule has 0 saturated heterocycles. The monoisotopic (exact) mass is 312 g/mol. The van der Waals surface area contributed by atoms with Crippen molar-refractivity contribution in [3.8, 4) is 0 Å². The van der Waals surface area contributed by atoms with E-state index in [4.69, 9.17) is 0 Å². The third-order valence-corrected chi connectivity index (χ3v) is 5.93. The van der Waals surface area contributed by atoms with Crippen molar-refractivity contribution in [2.75, 3.05) is 12.8 Å². The summed E-state index contributed by atoms with van der Waals surface area (Å²) in [6.45, 7) is 0.